The van der Waals surface area contributed by atoms with Crippen molar-refractivity contribution in [3.63, 3.8) is 0 Å². The normalized spacial score (nSPS) is 10.5. The number of rotatable bonds is 1. The molecule has 0 fully saturated rings. The van der Waals surface area contributed by atoms with E-state index in [1.54, 1.807) is 0 Å². The summed E-state index contributed by atoms with van der Waals surface area (Å²) in [7, 11) is 0. The van der Waals surface area contributed by atoms with Crippen molar-refractivity contribution in [2.75, 3.05) is 0 Å². The van der Waals surface area contributed by atoms with E-state index in [0.717, 1.165) is 18.2 Å². The summed E-state index contributed by atoms with van der Waals surface area (Å²) in [6.45, 7) is 0. The van der Waals surface area contributed by atoms with Crippen LogP contribution in [0.4, 0.5) is 8.78 Å². The van der Waals surface area contributed by atoms with E-state index < -0.39 is 17.6 Å². The van der Waals surface area contributed by atoms with Crippen LogP contribution in [0.1, 0.15) is 10.4 Å². The molecule has 2 aromatic rings. The van der Waals surface area contributed by atoms with E-state index in [1.165, 1.54) is 12.1 Å². The van der Waals surface area contributed by atoms with Crippen LogP contribution in [0.3, 0.4) is 0 Å². The zero-order valence-corrected chi connectivity index (χ0v) is 7.50. The Kier molecular flexibility index (Phi) is 2.11. The second kappa shape index (κ2) is 3.31. The minimum atomic E-state index is -1.24. The molecular weight excluding hydrogens is 202 g/mol. The third kappa shape index (κ3) is 1.66. The lowest BCUT2D eigenvalue weighted by atomic mass is 10.1. The fraction of sp³-hybridized carbons (Fsp3) is 0. The maximum atomic E-state index is 13.4. The topological polar surface area (TPSA) is 37.3 Å². The summed E-state index contributed by atoms with van der Waals surface area (Å²) in [5.41, 5.74) is -0.189. The van der Waals surface area contributed by atoms with Gasteiger partial charge in [0.1, 0.15) is 11.6 Å². The Morgan fingerprint density at radius 1 is 1.13 bits per heavy atom. The number of hydrogen-bond donors (Lipinski definition) is 1. The number of fused-ring (bicyclic) bond motifs is 1. The van der Waals surface area contributed by atoms with Gasteiger partial charge in [-0.25, -0.2) is 13.6 Å². The van der Waals surface area contributed by atoms with Crippen LogP contribution in [0.5, 0.6) is 0 Å². The van der Waals surface area contributed by atoms with Crippen molar-refractivity contribution in [3.05, 3.63) is 47.5 Å². The fourth-order valence-electron chi connectivity index (χ4n) is 1.42. The van der Waals surface area contributed by atoms with Crippen LogP contribution in [0.25, 0.3) is 10.8 Å². The van der Waals surface area contributed by atoms with Gasteiger partial charge in [0.15, 0.2) is 0 Å². The Labute approximate surface area is 83.8 Å². The third-order valence-electron chi connectivity index (χ3n) is 2.11. The number of benzene rings is 2. The van der Waals surface area contributed by atoms with Crippen molar-refractivity contribution in [1.29, 1.82) is 0 Å². The van der Waals surface area contributed by atoms with Gasteiger partial charge in [-0.15, -0.1) is 0 Å². The van der Waals surface area contributed by atoms with Crippen molar-refractivity contribution in [1.82, 2.24) is 0 Å². The summed E-state index contributed by atoms with van der Waals surface area (Å²) in [5, 5.41) is 9.13. The Hall–Kier alpha value is -1.97. The lowest BCUT2D eigenvalue weighted by Crippen LogP contribution is -1.97. The highest BCUT2D eigenvalue weighted by Crippen LogP contribution is 2.21. The maximum absolute atomic E-state index is 13.4. The number of carboxylic acids is 1. The van der Waals surface area contributed by atoms with Crippen LogP contribution in [0.15, 0.2) is 30.3 Å². The second-order valence-electron chi connectivity index (χ2n) is 3.13. The van der Waals surface area contributed by atoms with E-state index in [-0.39, 0.29) is 16.3 Å². The predicted molar refractivity (Wildman–Crippen MR) is 50.8 cm³/mol. The van der Waals surface area contributed by atoms with Crippen LogP contribution in [-0.4, -0.2) is 11.1 Å². The third-order valence-corrected chi connectivity index (χ3v) is 2.11. The van der Waals surface area contributed by atoms with Gasteiger partial charge in [-0.3, -0.25) is 0 Å². The molecule has 0 heterocycles. The summed E-state index contributed by atoms with van der Waals surface area (Å²) in [4.78, 5) is 10.6. The zero-order chi connectivity index (χ0) is 11.0. The molecule has 0 aliphatic rings. The first kappa shape index (κ1) is 9.58. The van der Waals surface area contributed by atoms with E-state index in [4.69, 9.17) is 5.11 Å². The van der Waals surface area contributed by atoms with E-state index in [1.807, 2.05) is 0 Å². The van der Waals surface area contributed by atoms with E-state index in [0.29, 0.717) is 0 Å². The summed E-state index contributed by atoms with van der Waals surface area (Å²) >= 11 is 0. The number of halogens is 2. The Morgan fingerprint density at radius 3 is 2.53 bits per heavy atom. The van der Waals surface area contributed by atoms with Crippen molar-refractivity contribution in [3.8, 4) is 0 Å². The molecule has 2 nitrogen and oxygen atoms in total. The average Bonchev–Trinajstić information content (AvgIpc) is 2.16. The van der Waals surface area contributed by atoms with Gasteiger partial charge in [-0.1, -0.05) is 0 Å². The minimum Gasteiger partial charge on any atom is -0.478 e. The zero-order valence-electron chi connectivity index (χ0n) is 7.50. The SMILES string of the molecule is O=C(O)c1cc(F)c2ccc(F)cc2c1. The molecule has 0 spiro atoms. The van der Waals surface area contributed by atoms with Gasteiger partial charge < -0.3 is 5.11 Å². The van der Waals surface area contributed by atoms with Crippen LogP contribution >= 0.6 is 0 Å². The molecule has 1 N–H and O–H groups in total. The smallest absolute Gasteiger partial charge is 0.335 e. The molecule has 0 aromatic heterocycles. The molecule has 0 atom stereocenters. The molecular formula is C11H6F2O2. The Morgan fingerprint density at radius 2 is 1.87 bits per heavy atom. The van der Waals surface area contributed by atoms with Crippen LogP contribution in [0, 0.1) is 11.6 Å². The van der Waals surface area contributed by atoms with E-state index in [9.17, 15) is 13.6 Å². The molecule has 4 heteroatoms. The van der Waals surface area contributed by atoms with Crippen molar-refractivity contribution in [2.45, 2.75) is 0 Å². The molecule has 0 saturated heterocycles. The highest BCUT2D eigenvalue weighted by atomic mass is 19.1. The molecule has 0 aliphatic carbocycles. The van der Waals surface area contributed by atoms with Gasteiger partial charge in [0.2, 0.25) is 0 Å². The number of aromatic carboxylic acids is 1. The van der Waals surface area contributed by atoms with Gasteiger partial charge in [-0.2, -0.15) is 0 Å². The van der Waals surface area contributed by atoms with Crippen molar-refractivity contribution < 1.29 is 18.7 Å². The number of carboxylic acid groups (broad SMARTS) is 1. The molecule has 0 unspecified atom stereocenters. The Bertz CT molecular complexity index is 550. The van der Waals surface area contributed by atoms with Gasteiger partial charge in [0.25, 0.3) is 0 Å². The first-order valence-corrected chi connectivity index (χ1v) is 4.20. The summed E-state index contributed by atoms with van der Waals surface area (Å²) in [6, 6.07) is 5.68. The molecule has 0 bridgehead atoms. The highest BCUT2D eigenvalue weighted by molar-refractivity contribution is 5.94. The van der Waals surface area contributed by atoms with Crippen molar-refractivity contribution in [2.24, 2.45) is 0 Å². The van der Waals surface area contributed by atoms with Gasteiger partial charge in [0, 0.05) is 5.39 Å². The number of carbonyl (C=O) groups is 1. The monoisotopic (exact) mass is 208 g/mol. The fourth-order valence-corrected chi connectivity index (χ4v) is 1.42. The van der Waals surface area contributed by atoms with Crippen LogP contribution in [0.2, 0.25) is 0 Å². The average molecular weight is 208 g/mol. The summed E-state index contributed by atoms with van der Waals surface area (Å²) < 4.78 is 26.2. The molecule has 76 valence electrons. The molecule has 0 radical (unpaired) electrons. The minimum absolute atomic E-state index is 0.189. The molecule has 0 amide bonds. The highest BCUT2D eigenvalue weighted by Gasteiger charge is 2.09. The van der Waals surface area contributed by atoms with E-state index in [2.05, 4.69) is 0 Å². The van der Waals surface area contributed by atoms with Gasteiger partial charge in [-0.05, 0) is 35.7 Å². The van der Waals surface area contributed by atoms with Gasteiger partial charge in [0.05, 0.1) is 5.56 Å². The van der Waals surface area contributed by atoms with Crippen LogP contribution in [-0.2, 0) is 0 Å². The lowest BCUT2D eigenvalue weighted by Gasteiger charge is -2.01. The molecule has 0 saturated carbocycles. The molecule has 2 rings (SSSR count). The first-order valence-electron chi connectivity index (χ1n) is 4.20. The first-order chi connectivity index (χ1) is 7.08. The maximum Gasteiger partial charge on any atom is 0.335 e. The van der Waals surface area contributed by atoms with E-state index >= 15 is 0 Å². The number of hydrogen-bond acceptors (Lipinski definition) is 1. The largest absolute Gasteiger partial charge is 0.478 e. The quantitative estimate of drug-likeness (QED) is 0.782. The van der Waals surface area contributed by atoms with Gasteiger partial charge >= 0.3 is 5.97 Å². The standard InChI is InChI=1S/C11H6F2O2/c12-8-1-2-9-6(4-8)3-7(11(14)15)5-10(9)13/h1-5H,(H,14,15). The molecule has 2 aromatic carbocycles. The van der Waals surface area contributed by atoms with Crippen LogP contribution < -0.4 is 0 Å². The second-order valence-corrected chi connectivity index (χ2v) is 3.13. The summed E-state index contributed by atoms with van der Waals surface area (Å²) in [5.74, 6) is -2.42. The Balaban J connectivity index is 2.79. The predicted octanol–water partition coefficient (Wildman–Crippen LogP) is 2.82. The summed E-state index contributed by atoms with van der Waals surface area (Å²) in [6.07, 6.45) is 0. The molecule has 0 aliphatic heterocycles. The van der Waals surface area contributed by atoms with Crippen molar-refractivity contribution >= 4 is 16.7 Å². The lowest BCUT2D eigenvalue weighted by molar-refractivity contribution is 0.0696. The molecule has 15 heavy (non-hydrogen) atoms.